The van der Waals surface area contributed by atoms with Crippen LogP contribution in [0.4, 0.5) is 18.3 Å². The van der Waals surface area contributed by atoms with E-state index in [9.17, 15) is 18.0 Å². The predicted molar refractivity (Wildman–Crippen MR) is 81.3 cm³/mol. The van der Waals surface area contributed by atoms with Crippen LogP contribution >= 0.6 is 11.3 Å². The van der Waals surface area contributed by atoms with Crippen LogP contribution in [-0.2, 0) is 11.2 Å². The van der Waals surface area contributed by atoms with Crippen molar-refractivity contribution in [2.45, 2.75) is 24.8 Å². The molecule has 4 nitrogen and oxygen atoms in total. The number of rotatable bonds is 4. The van der Waals surface area contributed by atoms with Crippen molar-refractivity contribution < 1.29 is 18.0 Å². The summed E-state index contributed by atoms with van der Waals surface area (Å²) in [5.74, 6) is -3.68. The Kier molecular flexibility index (Phi) is 4.36. The van der Waals surface area contributed by atoms with Crippen molar-refractivity contribution in [2.24, 2.45) is 0 Å². The lowest BCUT2D eigenvalue weighted by molar-refractivity contribution is -0.118. The molecule has 2 aromatic rings. The summed E-state index contributed by atoms with van der Waals surface area (Å²) < 4.78 is 39.3. The molecule has 2 N–H and O–H groups in total. The average molecular weight is 341 g/mol. The van der Waals surface area contributed by atoms with Gasteiger partial charge in [0.25, 0.3) is 5.92 Å². The summed E-state index contributed by atoms with van der Waals surface area (Å²) in [6.07, 6.45) is 1.56. The van der Waals surface area contributed by atoms with Gasteiger partial charge in [0.05, 0.1) is 12.6 Å². The molecule has 1 saturated heterocycles. The van der Waals surface area contributed by atoms with Gasteiger partial charge in [-0.25, -0.2) is 18.2 Å². The fraction of sp³-hybridized carbons (Fsp3) is 0.333. The number of nitrogens with zero attached hydrogens (tertiary/aromatic N) is 1. The molecule has 1 aromatic carbocycles. The van der Waals surface area contributed by atoms with Crippen molar-refractivity contribution in [2.75, 3.05) is 11.9 Å². The Morgan fingerprint density at radius 1 is 1.48 bits per heavy atom. The second-order valence-electron chi connectivity index (χ2n) is 5.42. The minimum absolute atomic E-state index is 0.311. The van der Waals surface area contributed by atoms with E-state index in [4.69, 9.17) is 0 Å². The van der Waals surface area contributed by atoms with Gasteiger partial charge in [-0.2, -0.15) is 0 Å². The van der Waals surface area contributed by atoms with Gasteiger partial charge >= 0.3 is 0 Å². The van der Waals surface area contributed by atoms with Gasteiger partial charge in [0.2, 0.25) is 5.91 Å². The standard InChI is InChI=1S/C15H14F3N3OS/c16-10-3-1-2-9(4-10)5-11-7-19-14(23-11)21-13(22)12-6-15(17,18)8-20-12/h1-4,7,12,20H,5-6,8H2,(H,19,21,22). The highest BCUT2D eigenvalue weighted by Crippen LogP contribution is 2.27. The number of benzene rings is 1. The van der Waals surface area contributed by atoms with Gasteiger partial charge < -0.3 is 5.32 Å². The molecule has 23 heavy (non-hydrogen) atoms. The summed E-state index contributed by atoms with van der Waals surface area (Å²) in [5, 5.41) is 5.38. The lowest BCUT2D eigenvalue weighted by Gasteiger charge is -2.08. The van der Waals surface area contributed by atoms with Crippen molar-refractivity contribution in [1.82, 2.24) is 10.3 Å². The van der Waals surface area contributed by atoms with Gasteiger partial charge in [-0.1, -0.05) is 12.1 Å². The number of aromatic nitrogens is 1. The van der Waals surface area contributed by atoms with E-state index in [1.54, 1.807) is 18.3 Å². The number of halogens is 3. The number of hydrogen-bond acceptors (Lipinski definition) is 4. The number of carbonyl (C=O) groups excluding carboxylic acids is 1. The average Bonchev–Trinajstić information content (AvgIpc) is 3.05. The van der Waals surface area contributed by atoms with Gasteiger partial charge in [0, 0.05) is 23.9 Å². The molecule has 0 aliphatic carbocycles. The van der Waals surface area contributed by atoms with Gasteiger partial charge in [0.15, 0.2) is 5.13 Å². The van der Waals surface area contributed by atoms with Crippen LogP contribution < -0.4 is 10.6 Å². The lowest BCUT2D eigenvalue weighted by atomic mass is 10.1. The van der Waals surface area contributed by atoms with Crippen LogP contribution in [0.2, 0.25) is 0 Å². The maximum atomic E-state index is 13.1. The van der Waals surface area contributed by atoms with E-state index in [1.165, 1.54) is 23.5 Å². The summed E-state index contributed by atoms with van der Waals surface area (Å²) >= 11 is 1.24. The quantitative estimate of drug-likeness (QED) is 0.899. The molecule has 0 radical (unpaired) electrons. The smallest absolute Gasteiger partial charge is 0.262 e. The molecule has 1 amide bonds. The normalized spacial score (nSPS) is 19.7. The fourth-order valence-corrected chi connectivity index (χ4v) is 3.24. The lowest BCUT2D eigenvalue weighted by Crippen LogP contribution is -2.35. The van der Waals surface area contributed by atoms with Crippen LogP contribution in [0.1, 0.15) is 16.9 Å². The number of amides is 1. The van der Waals surface area contributed by atoms with Crippen LogP contribution in [-0.4, -0.2) is 29.4 Å². The van der Waals surface area contributed by atoms with Crippen LogP contribution in [0.3, 0.4) is 0 Å². The van der Waals surface area contributed by atoms with Gasteiger partial charge in [0.1, 0.15) is 5.82 Å². The van der Waals surface area contributed by atoms with Crippen LogP contribution in [0.15, 0.2) is 30.5 Å². The molecule has 8 heteroatoms. The second-order valence-corrected chi connectivity index (χ2v) is 6.54. The van der Waals surface area contributed by atoms with Gasteiger partial charge in [-0.05, 0) is 17.7 Å². The Labute approximate surface area is 134 Å². The van der Waals surface area contributed by atoms with Gasteiger partial charge in [-0.3, -0.25) is 10.1 Å². The molecule has 1 unspecified atom stereocenters. The summed E-state index contributed by atoms with van der Waals surface area (Å²) in [5.41, 5.74) is 0.795. The monoisotopic (exact) mass is 341 g/mol. The zero-order chi connectivity index (χ0) is 16.4. The molecule has 1 fully saturated rings. The number of thiazole rings is 1. The molecule has 0 bridgehead atoms. The first kappa shape index (κ1) is 15.9. The number of anilines is 1. The third-order valence-corrected chi connectivity index (χ3v) is 4.39. The van der Waals surface area contributed by atoms with Crippen LogP contribution in [0, 0.1) is 5.82 Å². The number of carbonyl (C=O) groups is 1. The van der Waals surface area contributed by atoms with E-state index >= 15 is 0 Å². The highest BCUT2D eigenvalue weighted by atomic mass is 32.1. The number of nitrogens with one attached hydrogen (secondary N) is 2. The molecule has 1 aliphatic rings. The fourth-order valence-electron chi connectivity index (χ4n) is 2.39. The van der Waals surface area contributed by atoms with E-state index in [-0.39, 0.29) is 5.82 Å². The SMILES string of the molecule is O=C(Nc1ncc(Cc2cccc(F)c2)s1)C1CC(F)(F)CN1. The van der Waals surface area contributed by atoms with Crippen molar-refractivity contribution >= 4 is 22.4 Å². The van der Waals surface area contributed by atoms with E-state index in [0.717, 1.165) is 10.4 Å². The van der Waals surface area contributed by atoms with Crippen LogP contribution in [0.25, 0.3) is 0 Å². The predicted octanol–water partition coefficient (Wildman–Crippen LogP) is 2.81. The third-order valence-electron chi connectivity index (χ3n) is 3.48. The van der Waals surface area contributed by atoms with E-state index in [1.807, 2.05) is 0 Å². The Hall–Kier alpha value is -1.93. The summed E-state index contributed by atoms with van der Waals surface area (Å²) in [4.78, 5) is 16.8. The second kappa shape index (κ2) is 6.29. The molecule has 1 atom stereocenters. The molecule has 122 valence electrons. The van der Waals surface area contributed by atoms with Crippen molar-refractivity contribution in [3.63, 3.8) is 0 Å². The molecular weight excluding hydrogens is 327 g/mol. The molecule has 0 spiro atoms. The minimum atomic E-state index is -2.85. The maximum absolute atomic E-state index is 13.1. The zero-order valence-electron chi connectivity index (χ0n) is 12.0. The summed E-state index contributed by atoms with van der Waals surface area (Å²) in [6, 6.07) is 5.31. The van der Waals surface area contributed by atoms with Crippen molar-refractivity contribution in [1.29, 1.82) is 0 Å². The van der Waals surface area contributed by atoms with Crippen molar-refractivity contribution in [3.8, 4) is 0 Å². The maximum Gasteiger partial charge on any atom is 0.262 e. The molecule has 2 heterocycles. The van der Waals surface area contributed by atoms with E-state index in [2.05, 4.69) is 15.6 Å². The zero-order valence-corrected chi connectivity index (χ0v) is 12.8. The van der Waals surface area contributed by atoms with E-state index in [0.29, 0.717) is 11.6 Å². The molecule has 1 aromatic heterocycles. The van der Waals surface area contributed by atoms with Crippen molar-refractivity contribution in [3.05, 3.63) is 46.7 Å². The Morgan fingerprint density at radius 3 is 3.00 bits per heavy atom. The minimum Gasteiger partial charge on any atom is -0.301 e. The number of hydrogen-bond donors (Lipinski definition) is 2. The van der Waals surface area contributed by atoms with Crippen LogP contribution in [0.5, 0.6) is 0 Å². The first-order chi connectivity index (χ1) is 10.9. The third kappa shape index (κ3) is 4.08. The molecule has 3 rings (SSSR count). The molecular formula is C15H14F3N3OS. The number of alkyl halides is 2. The Bertz CT molecular complexity index is 719. The largest absolute Gasteiger partial charge is 0.301 e. The Morgan fingerprint density at radius 2 is 2.30 bits per heavy atom. The summed E-state index contributed by atoms with van der Waals surface area (Å²) in [6.45, 7) is -0.492. The highest BCUT2D eigenvalue weighted by molar-refractivity contribution is 7.15. The molecule has 0 saturated carbocycles. The first-order valence-electron chi connectivity index (χ1n) is 7.02. The highest BCUT2D eigenvalue weighted by Gasteiger charge is 2.42. The summed E-state index contributed by atoms with van der Waals surface area (Å²) in [7, 11) is 0. The Balaban J connectivity index is 1.60. The van der Waals surface area contributed by atoms with Gasteiger partial charge in [-0.15, -0.1) is 11.3 Å². The first-order valence-corrected chi connectivity index (χ1v) is 7.84. The van der Waals surface area contributed by atoms with E-state index < -0.39 is 30.8 Å². The topological polar surface area (TPSA) is 54.0 Å². The molecule has 1 aliphatic heterocycles.